The van der Waals surface area contributed by atoms with Crippen LogP contribution in [0.4, 0.5) is 0 Å². The third-order valence-corrected chi connectivity index (χ3v) is 5.90. The molecule has 2 unspecified atom stereocenters. The number of fused-ring (bicyclic) bond motifs is 2. The second kappa shape index (κ2) is 4.49. The molecule has 1 fully saturated rings. The molecule has 0 N–H and O–H groups in total. The van der Waals surface area contributed by atoms with E-state index >= 15 is 0 Å². The molecule has 4 heteroatoms. The summed E-state index contributed by atoms with van der Waals surface area (Å²) in [6.45, 7) is 2.63. The zero-order valence-electron chi connectivity index (χ0n) is 12.9. The summed E-state index contributed by atoms with van der Waals surface area (Å²) in [5.41, 5.74) is 4.46. The quantitative estimate of drug-likeness (QED) is 0.746. The maximum absolute atomic E-state index is 5.72. The van der Waals surface area contributed by atoms with Gasteiger partial charge in [0.05, 0.1) is 11.6 Å². The molecule has 3 aliphatic heterocycles. The van der Waals surface area contributed by atoms with E-state index in [1.165, 1.54) is 17.5 Å². The summed E-state index contributed by atoms with van der Waals surface area (Å²) in [5.74, 6) is 1.81. The van der Waals surface area contributed by atoms with Crippen LogP contribution < -0.4 is 9.47 Å². The first-order chi connectivity index (χ1) is 10.8. The van der Waals surface area contributed by atoms with Gasteiger partial charge in [0, 0.05) is 26.6 Å². The van der Waals surface area contributed by atoms with Gasteiger partial charge in [-0.25, -0.2) is 0 Å². The van der Waals surface area contributed by atoms with Crippen LogP contribution in [0.1, 0.15) is 30.4 Å². The Balaban J connectivity index is 1.71. The molecule has 0 aromatic heterocycles. The molecule has 4 nitrogen and oxygen atoms in total. The van der Waals surface area contributed by atoms with Gasteiger partial charge in [-0.3, -0.25) is 4.90 Å². The van der Waals surface area contributed by atoms with E-state index in [0.29, 0.717) is 12.9 Å². The summed E-state index contributed by atoms with van der Waals surface area (Å²) in [6, 6.07) is 4.44. The van der Waals surface area contributed by atoms with Gasteiger partial charge in [-0.05, 0) is 48.1 Å². The highest BCUT2D eigenvalue weighted by atomic mass is 16.7. The summed E-state index contributed by atoms with van der Waals surface area (Å²) in [7, 11) is 1.84. The minimum absolute atomic E-state index is 0.0352. The zero-order chi connectivity index (χ0) is 14.7. The molecule has 0 radical (unpaired) electrons. The van der Waals surface area contributed by atoms with Crippen molar-refractivity contribution >= 4 is 0 Å². The maximum Gasteiger partial charge on any atom is 0.231 e. The predicted octanol–water partition coefficient (Wildman–Crippen LogP) is 2.61. The van der Waals surface area contributed by atoms with Gasteiger partial charge >= 0.3 is 0 Å². The first-order valence-corrected chi connectivity index (χ1v) is 8.21. The van der Waals surface area contributed by atoms with E-state index in [1.807, 2.05) is 7.11 Å². The Bertz CT molecular complexity index is 669. The molecule has 5 rings (SSSR count). The molecular formula is C18H21NO3. The van der Waals surface area contributed by atoms with Crippen LogP contribution in [0.15, 0.2) is 23.8 Å². The number of rotatable bonds is 1. The largest absolute Gasteiger partial charge is 0.454 e. The van der Waals surface area contributed by atoms with Crippen molar-refractivity contribution in [1.82, 2.24) is 4.90 Å². The van der Waals surface area contributed by atoms with E-state index < -0.39 is 0 Å². The second-order valence-electron chi connectivity index (χ2n) is 6.74. The molecular weight excluding hydrogens is 278 g/mol. The van der Waals surface area contributed by atoms with Gasteiger partial charge in [0.15, 0.2) is 11.5 Å². The Morgan fingerprint density at radius 3 is 2.86 bits per heavy atom. The van der Waals surface area contributed by atoms with Gasteiger partial charge in [0.25, 0.3) is 0 Å². The fraction of sp³-hybridized carbons (Fsp3) is 0.556. The average Bonchev–Trinajstić information content (AvgIpc) is 3.16. The Kier molecular flexibility index (Phi) is 2.65. The third kappa shape index (κ3) is 1.54. The van der Waals surface area contributed by atoms with Crippen molar-refractivity contribution in [1.29, 1.82) is 0 Å². The Hall–Kier alpha value is -1.52. The highest BCUT2D eigenvalue weighted by Crippen LogP contribution is 2.54. The van der Waals surface area contributed by atoms with Crippen LogP contribution in [0.3, 0.4) is 0 Å². The van der Waals surface area contributed by atoms with Gasteiger partial charge < -0.3 is 14.2 Å². The standard InChI is InChI=1S/C18H21NO3/c1-20-14-3-2-13-5-7-19-6-4-12-8-16-17(22-11-21-16)9-15(12)18(13,19)10-14/h2,8-9,14H,3-7,10-11H2,1H3. The molecule has 0 saturated carbocycles. The number of methoxy groups -OCH3 is 1. The van der Waals surface area contributed by atoms with Crippen molar-refractivity contribution in [3.63, 3.8) is 0 Å². The fourth-order valence-corrected chi connectivity index (χ4v) is 4.84. The second-order valence-corrected chi connectivity index (χ2v) is 6.74. The van der Waals surface area contributed by atoms with Crippen LogP contribution in [0, 0.1) is 0 Å². The van der Waals surface area contributed by atoms with Crippen LogP contribution in [0.25, 0.3) is 0 Å². The minimum Gasteiger partial charge on any atom is -0.454 e. The van der Waals surface area contributed by atoms with E-state index in [1.54, 1.807) is 5.57 Å². The Morgan fingerprint density at radius 2 is 2.00 bits per heavy atom. The molecule has 1 spiro atoms. The lowest BCUT2D eigenvalue weighted by Crippen LogP contribution is -2.50. The van der Waals surface area contributed by atoms with Gasteiger partial charge in [0.2, 0.25) is 6.79 Å². The molecule has 0 amide bonds. The van der Waals surface area contributed by atoms with Crippen molar-refractivity contribution in [3.8, 4) is 11.5 Å². The summed E-state index contributed by atoms with van der Waals surface area (Å²) in [6.07, 6.45) is 7.12. The molecule has 2 atom stereocenters. The summed E-state index contributed by atoms with van der Waals surface area (Å²) < 4.78 is 17.0. The molecule has 1 aromatic rings. The highest BCUT2D eigenvalue weighted by Gasteiger charge is 2.52. The fourth-order valence-electron chi connectivity index (χ4n) is 4.84. The van der Waals surface area contributed by atoms with E-state index in [4.69, 9.17) is 14.2 Å². The lowest BCUT2D eigenvalue weighted by Gasteiger charge is -2.48. The van der Waals surface area contributed by atoms with E-state index in [2.05, 4.69) is 23.1 Å². The number of benzene rings is 1. The maximum atomic E-state index is 5.72. The number of hydrogen-bond acceptors (Lipinski definition) is 4. The van der Waals surface area contributed by atoms with Crippen molar-refractivity contribution < 1.29 is 14.2 Å². The number of ether oxygens (including phenoxy) is 3. The van der Waals surface area contributed by atoms with Gasteiger partial charge in [-0.15, -0.1) is 0 Å². The minimum atomic E-state index is 0.0352. The zero-order valence-corrected chi connectivity index (χ0v) is 12.9. The van der Waals surface area contributed by atoms with Crippen LogP contribution in [-0.4, -0.2) is 38.0 Å². The van der Waals surface area contributed by atoms with E-state index in [0.717, 1.165) is 43.9 Å². The lowest BCUT2D eigenvalue weighted by atomic mass is 9.71. The normalized spacial score (nSPS) is 32.2. The Morgan fingerprint density at radius 1 is 1.18 bits per heavy atom. The molecule has 22 heavy (non-hydrogen) atoms. The van der Waals surface area contributed by atoms with Gasteiger partial charge in [0.1, 0.15) is 0 Å². The van der Waals surface area contributed by atoms with Crippen molar-refractivity contribution in [2.45, 2.75) is 37.3 Å². The number of nitrogens with zero attached hydrogens (tertiary/aromatic N) is 1. The molecule has 1 aromatic carbocycles. The highest BCUT2D eigenvalue weighted by molar-refractivity contribution is 5.56. The number of hydrogen-bond donors (Lipinski definition) is 0. The molecule has 1 saturated heterocycles. The van der Waals surface area contributed by atoms with Crippen molar-refractivity contribution in [2.75, 3.05) is 27.0 Å². The summed E-state index contributed by atoms with van der Waals surface area (Å²) >= 11 is 0. The van der Waals surface area contributed by atoms with Crippen LogP contribution in [0.2, 0.25) is 0 Å². The van der Waals surface area contributed by atoms with Gasteiger partial charge in [-0.2, -0.15) is 0 Å². The van der Waals surface area contributed by atoms with E-state index in [9.17, 15) is 0 Å². The first-order valence-electron chi connectivity index (χ1n) is 8.21. The summed E-state index contributed by atoms with van der Waals surface area (Å²) in [5, 5.41) is 0. The monoisotopic (exact) mass is 299 g/mol. The molecule has 4 aliphatic rings. The van der Waals surface area contributed by atoms with Crippen molar-refractivity contribution in [2.24, 2.45) is 0 Å². The van der Waals surface area contributed by atoms with Crippen LogP contribution >= 0.6 is 0 Å². The predicted molar refractivity (Wildman–Crippen MR) is 82.3 cm³/mol. The van der Waals surface area contributed by atoms with Crippen molar-refractivity contribution in [3.05, 3.63) is 34.9 Å². The van der Waals surface area contributed by atoms with Gasteiger partial charge in [-0.1, -0.05) is 6.08 Å². The smallest absolute Gasteiger partial charge is 0.231 e. The lowest BCUT2D eigenvalue weighted by molar-refractivity contribution is 0.0290. The third-order valence-electron chi connectivity index (χ3n) is 5.90. The molecule has 3 heterocycles. The SMILES string of the molecule is COC1CC=C2CCN3CCc4cc5c(cc4C23C1)OCO5. The first kappa shape index (κ1) is 13.0. The average molecular weight is 299 g/mol. The van der Waals surface area contributed by atoms with Crippen LogP contribution in [-0.2, 0) is 16.7 Å². The molecule has 0 bridgehead atoms. The molecule has 116 valence electrons. The molecule has 1 aliphatic carbocycles. The van der Waals surface area contributed by atoms with Crippen LogP contribution in [0.5, 0.6) is 11.5 Å². The topological polar surface area (TPSA) is 30.9 Å². The Labute approximate surface area is 130 Å². The summed E-state index contributed by atoms with van der Waals surface area (Å²) in [4.78, 5) is 2.66. The van der Waals surface area contributed by atoms with E-state index in [-0.39, 0.29) is 5.54 Å².